The predicted molar refractivity (Wildman–Crippen MR) is 104 cm³/mol. The van der Waals surface area contributed by atoms with Gasteiger partial charge in [-0.15, -0.1) is 0 Å². The molecule has 2 amide bonds. The van der Waals surface area contributed by atoms with Gasteiger partial charge in [-0.25, -0.2) is 13.6 Å². The number of ether oxygens (including phenoxy) is 2. The lowest BCUT2D eigenvalue weighted by atomic mass is 10.0. The van der Waals surface area contributed by atoms with Crippen molar-refractivity contribution in [1.29, 1.82) is 0 Å². The van der Waals surface area contributed by atoms with E-state index in [1.54, 1.807) is 31.2 Å². The predicted octanol–water partition coefficient (Wildman–Crippen LogP) is 2.91. The number of aliphatic hydroxyl groups excluding tert-OH is 1. The number of carbonyl (C=O) groups excluding carboxylic acids is 2. The number of amides is 2. The van der Waals surface area contributed by atoms with E-state index in [0.717, 1.165) is 18.2 Å². The largest absolute Gasteiger partial charge is 0.497 e. The van der Waals surface area contributed by atoms with Gasteiger partial charge in [-0.1, -0.05) is 18.2 Å². The number of hydrogen-bond acceptors (Lipinski definition) is 5. The zero-order valence-electron chi connectivity index (χ0n) is 16.5. The third-order valence-corrected chi connectivity index (χ3v) is 4.82. The number of carbonyl (C=O) groups is 2. The SMILES string of the molecule is CCOC(=O)C1CN(Cc2ccc(OC)cc2)C(=O)N(c2c(F)cccc2F)C1O. The van der Waals surface area contributed by atoms with Crippen molar-refractivity contribution in [2.75, 3.05) is 25.2 Å². The summed E-state index contributed by atoms with van der Waals surface area (Å²) in [7, 11) is 1.52. The molecule has 0 radical (unpaired) electrons. The van der Waals surface area contributed by atoms with Crippen LogP contribution < -0.4 is 9.64 Å². The first-order chi connectivity index (χ1) is 14.4. The van der Waals surface area contributed by atoms with Gasteiger partial charge < -0.3 is 19.5 Å². The van der Waals surface area contributed by atoms with Gasteiger partial charge in [-0.2, -0.15) is 0 Å². The van der Waals surface area contributed by atoms with Crippen LogP contribution in [0.15, 0.2) is 42.5 Å². The Labute approximate surface area is 172 Å². The number of methoxy groups -OCH3 is 1. The molecule has 0 aromatic heterocycles. The molecule has 1 N–H and O–H groups in total. The van der Waals surface area contributed by atoms with E-state index in [0.29, 0.717) is 16.2 Å². The molecule has 1 heterocycles. The lowest BCUT2D eigenvalue weighted by Gasteiger charge is -2.42. The topological polar surface area (TPSA) is 79.3 Å². The van der Waals surface area contributed by atoms with E-state index in [-0.39, 0.29) is 19.7 Å². The van der Waals surface area contributed by atoms with Crippen molar-refractivity contribution in [1.82, 2.24) is 4.90 Å². The van der Waals surface area contributed by atoms with Crippen LogP contribution in [0, 0.1) is 17.6 Å². The van der Waals surface area contributed by atoms with Crippen LogP contribution in [0.2, 0.25) is 0 Å². The van der Waals surface area contributed by atoms with E-state index in [2.05, 4.69) is 0 Å². The summed E-state index contributed by atoms with van der Waals surface area (Å²) in [5.74, 6) is -3.41. The summed E-state index contributed by atoms with van der Waals surface area (Å²) in [6.07, 6.45) is -1.78. The van der Waals surface area contributed by atoms with Gasteiger partial charge in [-0.3, -0.25) is 9.69 Å². The molecule has 0 spiro atoms. The maximum absolute atomic E-state index is 14.4. The summed E-state index contributed by atoms with van der Waals surface area (Å²) in [6.45, 7) is 1.54. The minimum Gasteiger partial charge on any atom is -0.497 e. The van der Waals surface area contributed by atoms with Crippen molar-refractivity contribution in [3.8, 4) is 5.75 Å². The zero-order valence-corrected chi connectivity index (χ0v) is 16.5. The summed E-state index contributed by atoms with van der Waals surface area (Å²) in [5, 5.41) is 10.7. The number of benzene rings is 2. The lowest BCUT2D eigenvalue weighted by molar-refractivity contribution is -0.153. The van der Waals surface area contributed by atoms with Crippen LogP contribution >= 0.6 is 0 Å². The number of hydrogen-bond donors (Lipinski definition) is 1. The van der Waals surface area contributed by atoms with E-state index in [1.807, 2.05) is 0 Å². The van der Waals surface area contributed by atoms with Gasteiger partial charge in [0.05, 0.1) is 13.7 Å². The van der Waals surface area contributed by atoms with E-state index in [9.17, 15) is 23.5 Å². The summed E-state index contributed by atoms with van der Waals surface area (Å²) in [6, 6.07) is 9.12. The quantitative estimate of drug-likeness (QED) is 0.727. The fraction of sp³-hybridized carbons (Fsp3) is 0.333. The Hall–Kier alpha value is -3.20. The van der Waals surface area contributed by atoms with Crippen molar-refractivity contribution in [3.05, 3.63) is 59.7 Å². The Balaban J connectivity index is 1.98. The highest BCUT2D eigenvalue weighted by molar-refractivity contribution is 5.95. The fourth-order valence-corrected chi connectivity index (χ4v) is 3.33. The Kier molecular flexibility index (Phi) is 6.51. The molecule has 7 nitrogen and oxygen atoms in total. The average molecular weight is 420 g/mol. The first-order valence-corrected chi connectivity index (χ1v) is 9.37. The Morgan fingerprint density at radius 1 is 1.17 bits per heavy atom. The Morgan fingerprint density at radius 2 is 1.80 bits per heavy atom. The summed E-state index contributed by atoms with van der Waals surface area (Å²) < 4.78 is 38.9. The molecule has 0 bridgehead atoms. The molecule has 2 aromatic carbocycles. The number of rotatable bonds is 6. The van der Waals surface area contributed by atoms with Crippen LogP contribution in [0.3, 0.4) is 0 Å². The first-order valence-electron chi connectivity index (χ1n) is 9.37. The van der Waals surface area contributed by atoms with Gasteiger partial charge in [0.2, 0.25) is 0 Å². The van der Waals surface area contributed by atoms with E-state index < -0.39 is 41.5 Å². The molecule has 1 saturated heterocycles. The lowest BCUT2D eigenvalue weighted by Crippen LogP contribution is -2.61. The smallest absolute Gasteiger partial charge is 0.327 e. The number of anilines is 1. The second-order valence-corrected chi connectivity index (χ2v) is 6.72. The molecule has 2 aromatic rings. The molecule has 160 valence electrons. The highest BCUT2D eigenvalue weighted by Crippen LogP contribution is 2.32. The van der Waals surface area contributed by atoms with Crippen LogP contribution in [0.4, 0.5) is 19.3 Å². The Bertz CT molecular complexity index is 902. The molecule has 1 aliphatic heterocycles. The van der Waals surface area contributed by atoms with Crippen LogP contribution in [-0.4, -0.2) is 48.5 Å². The molecule has 1 aliphatic rings. The van der Waals surface area contributed by atoms with Crippen molar-refractivity contribution in [2.24, 2.45) is 5.92 Å². The molecule has 3 rings (SSSR count). The second kappa shape index (κ2) is 9.08. The molecule has 0 saturated carbocycles. The van der Waals surface area contributed by atoms with Crippen LogP contribution in [0.1, 0.15) is 12.5 Å². The molecule has 2 unspecified atom stereocenters. The van der Waals surface area contributed by atoms with Crippen molar-refractivity contribution in [2.45, 2.75) is 19.7 Å². The van der Waals surface area contributed by atoms with Crippen molar-refractivity contribution >= 4 is 17.7 Å². The van der Waals surface area contributed by atoms with E-state index >= 15 is 0 Å². The summed E-state index contributed by atoms with van der Waals surface area (Å²) in [5.41, 5.74) is -0.0131. The molecular weight excluding hydrogens is 398 g/mol. The third-order valence-electron chi connectivity index (χ3n) is 4.82. The minimum absolute atomic E-state index is 0.0536. The minimum atomic E-state index is -1.78. The van der Waals surface area contributed by atoms with Gasteiger partial charge in [0, 0.05) is 13.1 Å². The average Bonchev–Trinajstić information content (AvgIpc) is 2.72. The standard InChI is InChI=1S/C21H22F2N2O5/c1-3-30-20(27)15-12-24(11-13-7-9-14(29-2)10-8-13)21(28)25(19(15)26)18-16(22)5-4-6-17(18)23/h4-10,15,19,26H,3,11-12H2,1-2H3. The van der Waals surface area contributed by atoms with E-state index in [4.69, 9.17) is 9.47 Å². The first kappa shape index (κ1) is 21.5. The number of nitrogens with zero attached hydrogens (tertiary/aromatic N) is 2. The zero-order chi connectivity index (χ0) is 21.8. The third kappa shape index (κ3) is 4.20. The van der Waals surface area contributed by atoms with Crippen LogP contribution in [-0.2, 0) is 16.1 Å². The number of esters is 1. The highest BCUT2D eigenvalue weighted by Gasteiger charge is 2.45. The molecule has 2 atom stereocenters. The van der Waals surface area contributed by atoms with Crippen molar-refractivity contribution in [3.63, 3.8) is 0 Å². The van der Waals surface area contributed by atoms with Crippen LogP contribution in [0.5, 0.6) is 5.75 Å². The number of halogens is 2. The molecule has 0 aliphatic carbocycles. The number of aliphatic hydroxyl groups is 1. The van der Waals surface area contributed by atoms with Crippen molar-refractivity contribution < 1.29 is 33.0 Å². The summed E-state index contributed by atoms with van der Waals surface area (Å²) >= 11 is 0. The number of para-hydroxylation sites is 1. The molecule has 9 heteroatoms. The highest BCUT2D eigenvalue weighted by atomic mass is 19.1. The van der Waals surface area contributed by atoms with Gasteiger partial charge >= 0.3 is 12.0 Å². The molecule has 30 heavy (non-hydrogen) atoms. The normalized spacial score (nSPS) is 19.0. The number of urea groups is 1. The van der Waals surface area contributed by atoms with Gasteiger partial charge in [0.25, 0.3) is 0 Å². The van der Waals surface area contributed by atoms with Gasteiger partial charge in [-0.05, 0) is 36.8 Å². The van der Waals surface area contributed by atoms with E-state index in [1.165, 1.54) is 12.0 Å². The monoisotopic (exact) mass is 420 g/mol. The maximum atomic E-state index is 14.4. The van der Waals surface area contributed by atoms with Gasteiger partial charge in [0.15, 0.2) is 6.23 Å². The maximum Gasteiger partial charge on any atom is 0.327 e. The molecule has 1 fully saturated rings. The summed E-state index contributed by atoms with van der Waals surface area (Å²) in [4.78, 5) is 27.3. The Morgan fingerprint density at radius 3 is 2.37 bits per heavy atom. The fourth-order valence-electron chi connectivity index (χ4n) is 3.33. The van der Waals surface area contributed by atoms with Crippen LogP contribution in [0.25, 0.3) is 0 Å². The molecular formula is C21H22F2N2O5. The van der Waals surface area contributed by atoms with Gasteiger partial charge in [0.1, 0.15) is 29.0 Å². The second-order valence-electron chi connectivity index (χ2n) is 6.72.